The smallest absolute Gasteiger partial charge is 0.169 e. The number of hydrogen-bond acceptors (Lipinski definition) is 2. The molecule has 0 aliphatic rings. The molecular weight excluding hydrogens is 216 g/mol. The molecule has 1 rings (SSSR count). The summed E-state index contributed by atoms with van der Waals surface area (Å²) in [6.07, 6.45) is 3.31. The van der Waals surface area contributed by atoms with E-state index in [1.54, 1.807) is 18.3 Å². The van der Waals surface area contributed by atoms with Crippen LogP contribution in [0.1, 0.15) is 60.8 Å². The number of rotatable bonds is 4. The monoisotopic (exact) mass is 236 g/mol. The average molecular weight is 236 g/mol. The standard InChI is InChI=1S/C14H20OS/c1-9(2)6-7-10(3)13-8-16-14(11(13)4)12(5)15/h6,8,10H,7H2,1-5H3. The van der Waals surface area contributed by atoms with Crippen molar-refractivity contribution >= 4 is 17.1 Å². The predicted octanol–water partition coefficient (Wildman–Crippen LogP) is 4.72. The van der Waals surface area contributed by atoms with Gasteiger partial charge in [0.1, 0.15) is 0 Å². The van der Waals surface area contributed by atoms with Gasteiger partial charge in [-0.05, 0) is 56.5 Å². The Morgan fingerprint density at radius 1 is 1.44 bits per heavy atom. The summed E-state index contributed by atoms with van der Waals surface area (Å²) in [7, 11) is 0. The highest BCUT2D eigenvalue weighted by Crippen LogP contribution is 2.30. The van der Waals surface area contributed by atoms with Crippen LogP contribution in [0.2, 0.25) is 0 Å². The van der Waals surface area contributed by atoms with Crippen molar-refractivity contribution in [3.8, 4) is 0 Å². The number of thiophene rings is 1. The molecule has 1 heterocycles. The van der Waals surface area contributed by atoms with Crippen LogP contribution >= 0.6 is 11.3 Å². The first kappa shape index (κ1) is 13.2. The maximum absolute atomic E-state index is 11.4. The van der Waals surface area contributed by atoms with Gasteiger partial charge in [0.05, 0.1) is 4.88 Å². The van der Waals surface area contributed by atoms with E-state index >= 15 is 0 Å². The molecule has 0 amide bonds. The zero-order valence-electron chi connectivity index (χ0n) is 10.8. The van der Waals surface area contributed by atoms with Crippen LogP contribution in [0.3, 0.4) is 0 Å². The van der Waals surface area contributed by atoms with Gasteiger partial charge in [0.2, 0.25) is 0 Å². The lowest BCUT2D eigenvalue weighted by Gasteiger charge is -2.09. The van der Waals surface area contributed by atoms with E-state index in [0.717, 1.165) is 11.3 Å². The maximum atomic E-state index is 11.4. The lowest BCUT2D eigenvalue weighted by Crippen LogP contribution is -1.96. The van der Waals surface area contributed by atoms with E-state index in [9.17, 15) is 4.79 Å². The molecule has 1 aromatic heterocycles. The number of hydrogen-bond donors (Lipinski definition) is 0. The Hall–Kier alpha value is -0.890. The van der Waals surface area contributed by atoms with Crippen molar-refractivity contribution in [3.05, 3.63) is 33.0 Å². The molecular formula is C14H20OS. The molecule has 1 aromatic rings. The predicted molar refractivity (Wildman–Crippen MR) is 71.5 cm³/mol. The van der Waals surface area contributed by atoms with E-state index in [1.165, 1.54) is 16.7 Å². The largest absolute Gasteiger partial charge is 0.294 e. The van der Waals surface area contributed by atoms with E-state index in [-0.39, 0.29) is 5.78 Å². The highest BCUT2D eigenvalue weighted by atomic mass is 32.1. The summed E-state index contributed by atoms with van der Waals surface area (Å²) >= 11 is 1.58. The Labute approximate surface area is 102 Å². The minimum absolute atomic E-state index is 0.183. The quantitative estimate of drug-likeness (QED) is 0.546. The Bertz CT molecular complexity index is 408. The fourth-order valence-corrected chi connectivity index (χ4v) is 2.92. The lowest BCUT2D eigenvalue weighted by molar-refractivity contribution is 0.102. The molecule has 0 bridgehead atoms. The Morgan fingerprint density at radius 2 is 2.06 bits per heavy atom. The molecule has 0 saturated carbocycles. The second-order valence-corrected chi connectivity index (χ2v) is 5.50. The molecule has 16 heavy (non-hydrogen) atoms. The average Bonchev–Trinajstić information content (AvgIpc) is 2.56. The lowest BCUT2D eigenvalue weighted by atomic mass is 9.95. The summed E-state index contributed by atoms with van der Waals surface area (Å²) in [6.45, 7) is 10.2. The summed E-state index contributed by atoms with van der Waals surface area (Å²) < 4.78 is 0. The van der Waals surface area contributed by atoms with Crippen LogP contribution in [-0.4, -0.2) is 5.78 Å². The maximum Gasteiger partial charge on any atom is 0.169 e. The van der Waals surface area contributed by atoms with Gasteiger partial charge in [-0.2, -0.15) is 0 Å². The van der Waals surface area contributed by atoms with Crippen molar-refractivity contribution in [2.75, 3.05) is 0 Å². The first-order chi connectivity index (χ1) is 7.43. The van der Waals surface area contributed by atoms with Crippen LogP contribution < -0.4 is 0 Å². The van der Waals surface area contributed by atoms with Gasteiger partial charge in [0.15, 0.2) is 5.78 Å². The van der Waals surface area contributed by atoms with E-state index in [1.807, 2.05) is 0 Å². The van der Waals surface area contributed by atoms with Crippen LogP contribution in [0.4, 0.5) is 0 Å². The molecule has 2 heteroatoms. The van der Waals surface area contributed by atoms with Crippen LogP contribution in [0.25, 0.3) is 0 Å². The number of Topliss-reactive ketones (excluding diaryl/α,β-unsaturated/α-hetero) is 1. The van der Waals surface area contributed by atoms with Crippen LogP contribution in [0, 0.1) is 6.92 Å². The van der Waals surface area contributed by atoms with Gasteiger partial charge in [-0.15, -0.1) is 11.3 Å². The molecule has 0 aliphatic carbocycles. The second-order valence-electron chi connectivity index (χ2n) is 4.62. The van der Waals surface area contributed by atoms with E-state index in [4.69, 9.17) is 0 Å². The third-order valence-corrected chi connectivity index (χ3v) is 4.01. The Kier molecular flexibility index (Phi) is 4.48. The molecule has 0 N–H and O–H groups in total. The molecule has 0 radical (unpaired) electrons. The molecule has 0 aliphatic heterocycles. The van der Waals surface area contributed by atoms with Gasteiger partial charge in [0, 0.05) is 0 Å². The van der Waals surface area contributed by atoms with Gasteiger partial charge < -0.3 is 0 Å². The van der Waals surface area contributed by atoms with Crippen molar-refractivity contribution in [2.24, 2.45) is 0 Å². The van der Waals surface area contributed by atoms with E-state index in [0.29, 0.717) is 5.92 Å². The summed E-state index contributed by atoms with van der Waals surface area (Å²) in [5, 5.41) is 2.13. The van der Waals surface area contributed by atoms with Crippen LogP contribution in [0.5, 0.6) is 0 Å². The molecule has 0 spiro atoms. The minimum Gasteiger partial charge on any atom is -0.294 e. The number of ketones is 1. The van der Waals surface area contributed by atoms with E-state index in [2.05, 4.69) is 39.2 Å². The van der Waals surface area contributed by atoms with Crippen molar-refractivity contribution in [1.29, 1.82) is 0 Å². The summed E-state index contributed by atoms with van der Waals surface area (Å²) in [5.41, 5.74) is 3.85. The van der Waals surface area contributed by atoms with Gasteiger partial charge in [-0.25, -0.2) is 0 Å². The molecule has 1 unspecified atom stereocenters. The molecule has 0 fully saturated rings. The highest BCUT2D eigenvalue weighted by Gasteiger charge is 2.14. The number of allylic oxidation sites excluding steroid dienone is 2. The first-order valence-electron chi connectivity index (χ1n) is 5.65. The fourth-order valence-electron chi connectivity index (χ4n) is 1.80. The molecule has 1 nitrogen and oxygen atoms in total. The minimum atomic E-state index is 0.183. The van der Waals surface area contributed by atoms with Gasteiger partial charge in [0.25, 0.3) is 0 Å². The Morgan fingerprint density at radius 3 is 2.50 bits per heavy atom. The van der Waals surface area contributed by atoms with Crippen LogP contribution in [-0.2, 0) is 0 Å². The third-order valence-electron chi connectivity index (χ3n) is 2.81. The molecule has 1 atom stereocenters. The zero-order valence-corrected chi connectivity index (χ0v) is 11.6. The zero-order chi connectivity index (χ0) is 12.3. The van der Waals surface area contributed by atoms with Crippen LogP contribution in [0.15, 0.2) is 17.0 Å². The SMILES string of the molecule is CC(=O)c1scc(C(C)CC=C(C)C)c1C. The second kappa shape index (κ2) is 5.44. The van der Waals surface area contributed by atoms with Gasteiger partial charge in [-0.1, -0.05) is 18.6 Å². The van der Waals surface area contributed by atoms with Crippen molar-refractivity contribution in [1.82, 2.24) is 0 Å². The highest BCUT2D eigenvalue weighted by molar-refractivity contribution is 7.12. The number of carbonyl (C=O) groups excluding carboxylic acids is 1. The molecule has 0 saturated heterocycles. The van der Waals surface area contributed by atoms with Crippen molar-refractivity contribution < 1.29 is 4.79 Å². The fraction of sp³-hybridized carbons (Fsp3) is 0.500. The summed E-state index contributed by atoms with van der Waals surface area (Å²) in [5.74, 6) is 0.683. The van der Waals surface area contributed by atoms with Crippen molar-refractivity contribution in [2.45, 2.75) is 47.0 Å². The molecule has 88 valence electrons. The van der Waals surface area contributed by atoms with E-state index < -0.39 is 0 Å². The van der Waals surface area contributed by atoms with Gasteiger partial charge >= 0.3 is 0 Å². The van der Waals surface area contributed by atoms with Gasteiger partial charge in [-0.3, -0.25) is 4.79 Å². The molecule has 0 aromatic carbocycles. The topological polar surface area (TPSA) is 17.1 Å². The summed E-state index contributed by atoms with van der Waals surface area (Å²) in [4.78, 5) is 12.3. The number of carbonyl (C=O) groups is 1. The normalized spacial score (nSPS) is 12.3. The first-order valence-corrected chi connectivity index (χ1v) is 6.53. The summed E-state index contributed by atoms with van der Waals surface area (Å²) in [6, 6.07) is 0. The third kappa shape index (κ3) is 3.05. The van der Waals surface area contributed by atoms with Crippen molar-refractivity contribution in [3.63, 3.8) is 0 Å². The Balaban J connectivity index is 2.88.